The molecule has 1 aliphatic rings. The highest BCUT2D eigenvalue weighted by Gasteiger charge is 2.16. The first kappa shape index (κ1) is 18.2. The average Bonchev–Trinajstić information content (AvgIpc) is 3.24. The summed E-state index contributed by atoms with van der Waals surface area (Å²) in [6.07, 6.45) is 6.67. The monoisotopic (exact) mass is 400 g/mol. The van der Waals surface area contributed by atoms with Crippen molar-refractivity contribution in [3.63, 3.8) is 0 Å². The SMILES string of the molecule is O=Cc1cn(-c2ccc3c(c2)CCC3)c2nc(Nc3ccc(F)cc3)ncc2c1=O. The number of hydrogen-bond acceptors (Lipinski definition) is 5. The second-order valence-corrected chi connectivity index (χ2v) is 7.27. The van der Waals surface area contributed by atoms with Gasteiger partial charge in [0.05, 0.1) is 10.9 Å². The molecule has 2 aromatic carbocycles. The van der Waals surface area contributed by atoms with Crippen molar-refractivity contribution < 1.29 is 9.18 Å². The highest BCUT2D eigenvalue weighted by molar-refractivity contribution is 5.85. The van der Waals surface area contributed by atoms with E-state index in [9.17, 15) is 14.0 Å². The number of rotatable bonds is 4. The summed E-state index contributed by atoms with van der Waals surface area (Å²) in [7, 11) is 0. The number of pyridine rings is 1. The summed E-state index contributed by atoms with van der Waals surface area (Å²) in [5.41, 5.74) is 4.07. The second-order valence-electron chi connectivity index (χ2n) is 7.27. The van der Waals surface area contributed by atoms with Gasteiger partial charge in [-0.2, -0.15) is 4.98 Å². The first-order valence-corrected chi connectivity index (χ1v) is 9.65. The molecule has 0 atom stereocenters. The van der Waals surface area contributed by atoms with Gasteiger partial charge in [-0.25, -0.2) is 9.37 Å². The molecule has 7 heteroatoms. The summed E-state index contributed by atoms with van der Waals surface area (Å²) in [4.78, 5) is 32.9. The standard InChI is InChI=1S/C23H17FN4O2/c24-17-5-7-18(8-6-17)26-23-25-11-20-21(30)16(13-29)12-28(22(20)27-23)19-9-4-14-2-1-3-15(14)10-19/h4-13H,1-3H2,(H,25,26,27). The van der Waals surface area contributed by atoms with Gasteiger partial charge in [0.1, 0.15) is 5.82 Å². The molecule has 0 spiro atoms. The van der Waals surface area contributed by atoms with E-state index in [0.29, 0.717) is 17.6 Å². The molecule has 0 saturated heterocycles. The van der Waals surface area contributed by atoms with Crippen molar-refractivity contribution in [2.24, 2.45) is 0 Å². The molecule has 1 aliphatic carbocycles. The van der Waals surface area contributed by atoms with E-state index < -0.39 is 5.43 Å². The molecule has 2 aromatic heterocycles. The van der Waals surface area contributed by atoms with Gasteiger partial charge in [-0.3, -0.25) is 9.59 Å². The quantitative estimate of drug-likeness (QED) is 0.525. The predicted molar refractivity (Wildman–Crippen MR) is 112 cm³/mol. The molecule has 0 bridgehead atoms. The Labute approximate surface area is 171 Å². The topological polar surface area (TPSA) is 76.9 Å². The molecule has 2 heterocycles. The van der Waals surface area contributed by atoms with Crippen LogP contribution in [0.15, 0.2) is 59.7 Å². The second kappa shape index (κ2) is 7.18. The number of halogens is 1. The van der Waals surface area contributed by atoms with Gasteiger partial charge < -0.3 is 9.88 Å². The summed E-state index contributed by atoms with van der Waals surface area (Å²) < 4.78 is 14.9. The zero-order valence-electron chi connectivity index (χ0n) is 15.9. The molecular formula is C23H17FN4O2. The Kier molecular flexibility index (Phi) is 4.35. The molecule has 6 nitrogen and oxygen atoms in total. The van der Waals surface area contributed by atoms with Crippen LogP contribution in [-0.2, 0) is 12.8 Å². The summed E-state index contributed by atoms with van der Waals surface area (Å²) in [6.45, 7) is 0. The number of anilines is 2. The summed E-state index contributed by atoms with van der Waals surface area (Å²) in [5, 5.41) is 3.27. The predicted octanol–water partition coefficient (Wildman–Crippen LogP) is 3.96. The maximum absolute atomic E-state index is 13.2. The maximum atomic E-state index is 13.2. The van der Waals surface area contributed by atoms with Gasteiger partial charge in [0.25, 0.3) is 0 Å². The van der Waals surface area contributed by atoms with E-state index in [1.54, 1.807) is 16.7 Å². The number of benzene rings is 2. The van der Waals surface area contributed by atoms with Gasteiger partial charge in [-0.05, 0) is 66.8 Å². The fourth-order valence-electron chi connectivity index (χ4n) is 3.84. The summed E-state index contributed by atoms with van der Waals surface area (Å²) in [5.74, 6) is -0.0749. The molecule has 148 valence electrons. The average molecular weight is 400 g/mol. The van der Waals surface area contributed by atoms with Gasteiger partial charge in [-0.1, -0.05) is 6.07 Å². The largest absolute Gasteiger partial charge is 0.324 e. The molecule has 5 rings (SSSR count). The van der Waals surface area contributed by atoms with Gasteiger partial charge >= 0.3 is 0 Å². The van der Waals surface area contributed by atoms with E-state index in [0.717, 1.165) is 24.9 Å². The van der Waals surface area contributed by atoms with E-state index in [2.05, 4.69) is 27.4 Å². The minimum atomic E-state index is -0.411. The van der Waals surface area contributed by atoms with Crippen LogP contribution in [0.1, 0.15) is 27.9 Å². The molecule has 0 fully saturated rings. The third kappa shape index (κ3) is 3.14. The summed E-state index contributed by atoms with van der Waals surface area (Å²) >= 11 is 0. The van der Waals surface area contributed by atoms with Crippen LogP contribution >= 0.6 is 0 Å². The Bertz CT molecular complexity index is 1350. The van der Waals surface area contributed by atoms with E-state index in [1.807, 2.05) is 6.07 Å². The zero-order chi connectivity index (χ0) is 20.7. The van der Waals surface area contributed by atoms with Crippen molar-refractivity contribution in [1.29, 1.82) is 0 Å². The molecular weight excluding hydrogens is 383 g/mol. The van der Waals surface area contributed by atoms with E-state index in [1.165, 1.54) is 35.7 Å². The fourth-order valence-corrected chi connectivity index (χ4v) is 3.84. The van der Waals surface area contributed by atoms with Gasteiger partial charge in [0, 0.05) is 23.8 Å². The van der Waals surface area contributed by atoms with E-state index in [-0.39, 0.29) is 22.7 Å². The van der Waals surface area contributed by atoms with Crippen LogP contribution in [0.3, 0.4) is 0 Å². The van der Waals surface area contributed by atoms with Crippen molar-refractivity contribution in [2.45, 2.75) is 19.3 Å². The molecule has 1 N–H and O–H groups in total. The molecule has 0 amide bonds. The van der Waals surface area contributed by atoms with Crippen LogP contribution in [0.2, 0.25) is 0 Å². The van der Waals surface area contributed by atoms with Crippen LogP contribution < -0.4 is 10.7 Å². The van der Waals surface area contributed by atoms with Crippen molar-refractivity contribution in [3.05, 3.63) is 87.6 Å². The highest BCUT2D eigenvalue weighted by Crippen LogP contribution is 2.26. The minimum Gasteiger partial charge on any atom is -0.324 e. The normalized spacial score (nSPS) is 12.7. The molecule has 0 aliphatic heterocycles. The van der Waals surface area contributed by atoms with Crippen LogP contribution in [0, 0.1) is 5.82 Å². The highest BCUT2D eigenvalue weighted by atomic mass is 19.1. The number of aldehydes is 1. The number of aromatic nitrogens is 3. The Morgan fingerprint density at radius 3 is 2.67 bits per heavy atom. The molecule has 30 heavy (non-hydrogen) atoms. The van der Waals surface area contributed by atoms with Crippen molar-refractivity contribution in [1.82, 2.24) is 14.5 Å². The smallest absolute Gasteiger partial charge is 0.229 e. The third-order valence-corrected chi connectivity index (χ3v) is 5.36. The Morgan fingerprint density at radius 1 is 1.07 bits per heavy atom. The number of aryl methyl sites for hydroxylation is 2. The lowest BCUT2D eigenvalue weighted by Gasteiger charge is -2.14. The Morgan fingerprint density at radius 2 is 1.87 bits per heavy atom. The lowest BCUT2D eigenvalue weighted by atomic mass is 10.1. The molecule has 0 radical (unpaired) electrons. The van der Waals surface area contributed by atoms with Crippen molar-refractivity contribution in [3.8, 4) is 5.69 Å². The molecule has 4 aromatic rings. The van der Waals surface area contributed by atoms with Crippen LogP contribution in [0.4, 0.5) is 16.0 Å². The Balaban J connectivity index is 1.67. The maximum Gasteiger partial charge on any atom is 0.229 e. The van der Waals surface area contributed by atoms with Gasteiger partial charge in [0.2, 0.25) is 11.4 Å². The van der Waals surface area contributed by atoms with Crippen molar-refractivity contribution >= 4 is 29.0 Å². The number of carbonyl (C=O) groups excluding carboxylic acids is 1. The van der Waals surface area contributed by atoms with Crippen LogP contribution in [-0.4, -0.2) is 20.8 Å². The third-order valence-electron chi connectivity index (χ3n) is 5.36. The number of nitrogens with one attached hydrogen (secondary N) is 1. The van der Waals surface area contributed by atoms with Crippen molar-refractivity contribution in [2.75, 3.05) is 5.32 Å². The Hall–Kier alpha value is -3.87. The first-order valence-electron chi connectivity index (χ1n) is 9.65. The minimum absolute atomic E-state index is 0.0471. The lowest BCUT2D eigenvalue weighted by Crippen LogP contribution is -2.16. The molecule has 0 saturated carbocycles. The van der Waals surface area contributed by atoms with Gasteiger partial charge in [0.15, 0.2) is 11.9 Å². The number of carbonyl (C=O) groups is 1. The first-order chi connectivity index (χ1) is 14.6. The number of nitrogens with zero attached hydrogens (tertiary/aromatic N) is 3. The zero-order valence-corrected chi connectivity index (χ0v) is 15.9. The molecule has 0 unspecified atom stereocenters. The van der Waals surface area contributed by atoms with Gasteiger partial charge in [-0.15, -0.1) is 0 Å². The van der Waals surface area contributed by atoms with E-state index in [4.69, 9.17) is 0 Å². The number of hydrogen-bond donors (Lipinski definition) is 1. The summed E-state index contributed by atoms with van der Waals surface area (Å²) in [6, 6.07) is 12.0. The van der Waals surface area contributed by atoms with E-state index >= 15 is 0 Å². The fraction of sp³-hybridized carbons (Fsp3) is 0.130. The number of fused-ring (bicyclic) bond motifs is 2. The van der Waals surface area contributed by atoms with Crippen LogP contribution in [0.25, 0.3) is 16.7 Å². The lowest BCUT2D eigenvalue weighted by molar-refractivity contribution is 0.112. The van der Waals surface area contributed by atoms with Crippen LogP contribution in [0.5, 0.6) is 0 Å².